The van der Waals surface area contributed by atoms with Crippen molar-refractivity contribution >= 4 is 23.1 Å². The van der Waals surface area contributed by atoms with Crippen LogP contribution in [0.2, 0.25) is 0 Å². The van der Waals surface area contributed by atoms with Gasteiger partial charge in [-0.05, 0) is 43.3 Å². The van der Waals surface area contributed by atoms with E-state index in [0.717, 1.165) is 43.4 Å². The topological polar surface area (TPSA) is 52.6 Å². The van der Waals surface area contributed by atoms with E-state index in [-0.39, 0.29) is 5.91 Å². The standard InChI is InChI=1S/C23H25N5O/c1-2-28(19-8-4-3-5-9-19)23(29)21-18-20(11-13-24-21)26-14-16-27(17-15-26)22-10-6-7-12-25-22/h3-13,18H,2,14-17H2,1H3. The van der Waals surface area contributed by atoms with Crippen molar-refractivity contribution in [2.24, 2.45) is 0 Å². The largest absolute Gasteiger partial charge is 0.368 e. The summed E-state index contributed by atoms with van der Waals surface area (Å²) < 4.78 is 0. The highest BCUT2D eigenvalue weighted by molar-refractivity contribution is 6.05. The van der Waals surface area contributed by atoms with Crippen molar-refractivity contribution in [2.75, 3.05) is 47.4 Å². The lowest BCUT2D eigenvalue weighted by atomic mass is 10.2. The highest BCUT2D eigenvalue weighted by Gasteiger charge is 2.21. The number of carbonyl (C=O) groups is 1. The molecule has 3 heterocycles. The molecule has 1 aliphatic heterocycles. The molecule has 0 unspecified atom stereocenters. The van der Waals surface area contributed by atoms with Crippen LogP contribution in [-0.4, -0.2) is 48.6 Å². The lowest BCUT2D eigenvalue weighted by Crippen LogP contribution is -2.46. The van der Waals surface area contributed by atoms with Crippen molar-refractivity contribution in [1.82, 2.24) is 9.97 Å². The van der Waals surface area contributed by atoms with E-state index in [1.807, 2.05) is 73.8 Å². The summed E-state index contributed by atoms with van der Waals surface area (Å²) in [4.78, 5) is 28.2. The Morgan fingerprint density at radius 3 is 2.31 bits per heavy atom. The summed E-state index contributed by atoms with van der Waals surface area (Å²) in [5, 5.41) is 0. The lowest BCUT2D eigenvalue weighted by molar-refractivity contribution is 0.0983. The molecule has 148 valence electrons. The molecule has 6 nitrogen and oxygen atoms in total. The van der Waals surface area contributed by atoms with Gasteiger partial charge in [0.2, 0.25) is 0 Å². The molecule has 0 spiro atoms. The number of anilines is 3. The van der Waals surface area contributed by atoms with Crippen LogP contribution in [0.15, 0.2) is 73.1 Å². The minimum absolute atomic E-state index is 0.0762. The molecule has 0 radical (unpaired) electrons. The summed E-state index contributed by atoms with van der Waals surface area (Å²) in [6, 6.07) is 19.6. The van der Waals surface area contributed by atoms with Crippen LogP contribution in [0, 0.1) is 0 Å². The number of amides is 1. The summed E-state index contributed by atoms with van der Waals surface area (Å²) in [5.74, 6) is 0.937. The first-order valence-electron chi connectivity index (χ1n) is 10.00. The number of hydrogen-bond donors (Lipinski definition) is 0. The first-order valence-corrected chi connectivity index (χ1v) is 10.00. The number of aromatic nitrogens is 2. The molecular formula is C23H25N5O. The molecule has 2 aromatic heterocycles. The Bertz CT molecular complexity index is 940. The van der Waals surface area contributed by atoms with Crippen LogP contribution < -0.4 is 14.7 Å². The smallest absolute Gasteiger partial charge is 0.276 e. The van der Waals surface area contributed by atoms with E-state index in [1.165, 1.54) is 0 Å². The fourth-order valence-electron chi connectivity index (χ4n) is 3.66. The number of nitrogens with zero attached hydrogens (tertiary/aromatic N) is 5. The Labute approximate surface area is 171 Å². The zero-order valence-corrected chi connectivity index (χ0v) is 16.6. The number of hydrogen-bond acceptors (Lipinski definition) is 5. The number of para-hydroxylation sites is 1. The van der Waals surface area contributed by atoms with Gasteiger partial charge in [0.05, 0.1) is 0 Å². The minimum Gasteiger partial charge on any atom is -0.368 e. The average molecular weight is 387 g/mol. The average Bonchev–Trinajstić information content (AvgIpc) is 2.81. The Balaban J connectivity index is 1.47. The summed E-state index contributed by atoms with van der Waals surface area (Å²) in [7, 11) is 0. The molecule has 1 amide bonds. The molecule has 1 fully saturated rings. The number of rotatable bonds is 5. The van der Waals surface area contributed by atoms with Gasteiger partial charge >= 0.3 is 0 Å². The van der Waals surface area contributed by atoms with Crippen molar-refractivity contribution in [3.63, 3.8) is 0 Å². The second kappa shape index (κ2) is 8.73. The zero-order valence-electron chi connectivity index (χ0n) is 16.6. The first-order chi connectivity index (χ1) is 14.3. The van der Waals surface area contributed by atoms with Gasteiger partial charge in [0.25, 0.3) is 5.91 Å². The van der Waals surface area contributed by atoms with Crippen molar-refractivity contribution in [3.8, 4) is 0 Å². The molecule has 0 aliphatic carbocycles. The molecule has 6 heteroatoms. The van der Waals surface area contributed by atoms with E-state index in [0.29, 0.717) is 12.2 Å². The fourth-order valence-corrected chi connectivity index (χ4v) is 3.66. The minimum atomic E-state index is -0.0762. The third kappa shape index (κ3) is 4.21. The third-order valence-electron chi connectivity index (χ3n) is 5.21. The number of pyridine rings is 2. The quantitative estimate of drug-likeness (QED) is 0.671. The maximum absolute atomic E-state index is 13.1. The van der Waals surface area contributed by atoms with Gasteiger partial charge in [-0.25, -0.2) is 4.98 Å². The van der Waals surface area contributed by atoms with Crippen LogP contribution in [-0.2, 0) is 0 Å². The van der Waals surface area contributed by atoms with Gasteiger partial charge < -0.3 is 14.7 Å². The van der Waals surface area contributed by atoms with Gasteiger partial charge in [-0.2, -0.15) is 0 Å². The number of piperazine rings is 1. The Morgan fingerprint density at radius 2 is 1.62 bits per heavy atom. The molecule has 0 saturated carbocycles. The molecule has 3 aromatic rings. The molecule has 4 rings (SSSR count). The molecule has 1 saturated heterocycles. The summed E-state index contributed by atoms with van der Waals surface area (Å²) in [6.45, 7) is 6.12. The second-order valence-corrected chi connectivity index (χ2v) is 6.95. The summed E-state index contributed by atoms with van der Waals surface area (Å²) >= 11 is 0. The Kier molecular flexibility index (Phi) is 5.70. The third-order valence-corrected chi connectivity index (χ3v) is 5.21. The van der Waals surface area contributed by atoms with Gasteiger partial charge in [-0.15, -0.1) is 0 Å². The van der Waals surface area contributed by atoms with Gasteiger partial charge in [0.1, 0.15) is 11.5 Å². The van der Waals surface area contributed by atoms with E-state index in [4.69, 9.17) is 0 Å². The molecule has 1 aromatic carbocycles. The fraction of sp³-hybridized carbons (Fsp3) is 0.261. The predicted octanol–water partition coefficient (Wildman–Crippen LogP) is 3.47. The summed E-state index contributed by atoms with van der Waals surface area (Å²) in [6.07, 6.45) is 3.56. The number of benzene rings is 1. The Hall–Kier alpha value is -3.41. The van der Waals surface area contributed by atoms with Gasteiger partial charge in [-0.1, -0.05) is 24.3 Å². The SMILES string of the molecule is CCN(C(=O)c1cc(N2CCN(c3ccccn3)CC2)ccn1)c1ccccc1. The van der Waals surface area contributed by atoms with E-state index >= 15 is 0 Å². The van der Waals surface area contributed by atoms with Crippen molar-refractivity contribution in [3.05, 3.63) is 78.8 Å². The van der Waals surface area contributed by atoms with E-state index in [2.05, 4.69) is 19.8 Å². The highest BCUT2D eigenvalue weighted by atomic mass is 16.2. The van der Waals surface area contributed by atoms with E-state index < -0.39 is 0 Å². The Morgan fingerprint density at radius 1 is 0.897 bits per heavy atom. The lowest BCUT2D eigenvalue weighted by Gasteiger charge is -2.36. The normalized spacial score (nSPS) is 14.0. The number of carbonyl (C=O) groups excluding carboxylic acids is 1. The first kappa shape index (κ1) is 18.9. The van der Waals surface area contributed by atoms with Crippen molar-refractivity contribution < 1.29 is 4.79 Å². The molecule has 1 aliphatic rings. The second-order valence-electron chi connectivity index (χ2n) is 6.95. The zero-order chi connectivity index (χ0) is 20.1. The van der Waals surface area contributed by atoms with E-state index in [9.17, 15) is 4.79 Å². The molecule has 0 N–H and O–H groups in total. The van der Waals surface area contributed by atoms with Gasteiger partial charge in [0.15, 0.2) is 0 Å². The van der Waals surface area contributed by atoms with Crippen LogP contribution in [0.3, 0.4) is 0 Å². The molecule has 0 bridgehead atoms. The van der Waals surface area contributed by atoms with Gasteiger partial charge in [-0.3, -0.25) is 9.78 Å². The molecule has 29 heavy (non-hydrogen) atoms. The summed E-state index contributed by atoms with van der Waals surface area (Å²) in [5.41, 5.74) is 2.39. The maximum Gasteiger partial charge on any atom is 0.276 e. The highest BCUT2D eigenvalue weighted by Crippen LogP contribution is 2.21. The van der Waals surface area contributed by atoms with Crippen LogP contribution in [0.25, 0.3) is 0 Å². The monoisotopic (exact) mass is 387 g/mol. The molecule has 0 atom stereocenters. The van der Waals surface area contributed by atoms with Crippen LogP contribution in [0.1, 0.15) is 17.4 Å². The van der Waals surface area contributed by atoms with E-state index in [1.54, 1.807) is 11.1 Å². The van der Waals surface area contributed by atoms with Crippen LogP contribution in [0.5, 0.6) is 0 Å². The molecular weight excluding hydrogens is 362 g/mol. The maximum atomic E-state index is 13.1. The van der Waals surface area contributed by atoms with Crippen molar-refractivity contribution in [2.45, 2.75) is 6.92 Å². The van der Waals surface area contributed by atoms with Crippen LogP contribution in [0.4, 0.5) is 17.2 Å². The van der Waals surface area contributed by atoms with Crippen LogP contribution >= 0.6 is 0 Å². The van der Waals surface area contributed by atoms with Gasteiger partial charge in [0, 0.05) is 56.5 Å². The van der Waals surface area contributed by atoms with Crippen molar-refractivity contribution in [1.29, 1.82) is 0 Å². The predicted molar refractivity (Wildman–Crippen MR) is 117 cm³/mol.